The molecule has 132 valence electrons. The molecule has 1 amide bonds. The Labute approximate surface area is 152 Å². The molecule has 0 aliphatic carbocycles. The third-order valence-corrected chi connectivity index (χ3v) is 4.62. The number of carbonyl (C=O) groups excluding carboxylic acids is 1. The summed E-state index contributed by atoms with van der Waals surface area (Å²) in [5.41, 5.74) is 1.98. The SMILES string of the molecule is O=C(Nc1ccc(N2CCCC2)cn1)C(c1ccccc1)n1cccn1. The molecule has 1 aromatic carbocycles. The van der Waals surface area contributed by atoms with Gasteiger partial charge in [0.2, 0.25) is 0 Å². The lowest BCUT2D eigenvalue weighted by atomic mass is 10.1. The van der Waals surface area contributed by atoms with E-state index in [1.807, 2.05) is 54.7 Å². The summed E-state index contributed by atoms with van der Waals surface area (Å²) in [5, 5.41) is 7.17. The summed E-state index contributed by atoms with van der Waals surface area (Å²) in [6.45, 7) is 2.14. The quantitative estimate of drug-likeness (QED) is 0.770. The van der Waals surface area contributed by atoms with Gasteiger partial charge in [-0.1, -0.05) is 30.3 Å². The minimum Gasteiger partial charge on any atom is -0.370 e. The zero-order valence-electron chi connectivity index (χ0n) is 14.5. The number of aromatic nitrogens is 3. The van der Waals surface area contributed by atoms with Gasteiger partial charge in [0.25, 0.3) is 5.91 Å². The van der Waals surface area contributed by atoms with Crippen molar-refractivity contribution < 1.29 is 4.79 Å². The van der Waals surface area contributed by atoms with Crippen LogP contribution in [-0.2, 0) is 4.79 Å². The van der Waals surface area contributed by atoms with Crippen LogP contribution in [0.25, 0.3) is 0 Å². The molecule has 6 nitrogen and oxygen atoms in total. The van der Waals surface area contributed by atoms with Crippen molar-refractivity contribution in [2.75, 3.05) is 23.3 Å². The normalized spacial score (nSPS) is 15.0. The van der Waals surface area contributed by atoms with Crippen molar-refractivity contribution in [1.29, 1.82) is 0 Å². The molecule has 1 aliphatic rings. The van der Waals surface area contributed by atoms with Gasteiger partial charge in [0.05, 0.1) is 11.9 Å². The van der Waals surface area contributed by atoms with Crippen LogP contribution in [0.5, 0.6) is 0 Å². The maximum Gasteiger partial charge on any atom is 0.254 e. The van der Waals surface area contributed by atoms with E-state index in [4.69, 9.17) is 0 Å². The van der Waals surface area contributed by atoms with Crippen molar-refractivity contribution in [3.05, 3.63) is 72.7 Å². The number of rotatable bonds is 5. The number of anilines is 2. The Hall–Kier alpha value is -3.15. The minimum atomic E-state index is -0.536. The number of carbonyl (C=O) groups is 1. The molecule has 0 saturated carbocycles. The van der Waals surface area contributed by atoms with E-state index in [1.54, 1.807) is 17.1 Å². The van der Waals surface area contributed by atoms with Gasteiger partial charge in [-0.05, 0) is 36.6 Å². The van der Waals surface area contributed by atoms with E-state index in [1.165, 1.54) is 12.8 Å². The van der Waals surface area contributed by atoms with Crippen molar-refractivity contribution in [3.63, 3.8) is 0 Å². The van der Waals surface area contributed by atoms with E-state index in [-0.39, 0.29) is 5.91 Å². The first-order valence-electron chi connectivity index (χ1n) is 8.87. The second-order valence-electron chi connectivity index (χ2n) is 6.38. The summed E-state index contributed by atoms with van der Waals surface area (Å²) in [4.78, 5) is 19.7. The van der Waals surface area contributed by atoms with E-state index in [2.05, 4.69) is 20.3 Å². The zero-order valence-corrected chi connectivity index (χ0v) is 14.5. The first-order valence-corrected chi connectivity index (χ1v) is 8.87. The fourth-order valence-electron chi connectivity index (χ4n) is 3.31. The van der Waals surface area contributed by atoms with E-state index in [0.29, 0.717) is 5.82 Å². The molecule has 3 aromatic rings. The van der Waals surface area contributed by atoms with Crippen LogP contribution in [0.15, 0.2) is 67.1 Å². The molecule has 1 saturated heterocycles. The molecule has 1 atom stereocenters. The summed E-state index contributed by atoms with van der Waals surface area (Å²) in [7, 11) is 0. The molecule has 2 aromatic heterocycles. The molecule has 0 bridgehead atoms. The fraction of sp³-hybridized carbons (Fsp3) is 0.250. The Morgan fingerprint density at radius 2 is 1.85 bits per heavy atom. The number of nitrogens with one attached hydrogen (secondary N) is 1. The molecule has 0 radical (unpaired) electrons. The van der Waals surface area contributed by atoms with Crippen LogP contribution < -0.4 is 10.2 Å². The van der Waals surface area contributed by atoms with Gasteiger partial charge in [-0.25, -0.2) is 4.98 Å². The highest BCUT2D eigenvalue weighted by molar-refractivity contribution is 5.95. The van der Waals surface area contributed by atoms with E-state index >= 15 is 0 Å². The Balaban J connectivity index is 1.53. The Morgan fingerprint density at radius 3 is 2.50 bits per heavy atom. The Bertz CT molecular complexity index is 840. The minimum absolute atomic E-state index is 0.165. The predicted molar refractivity (Wildman–Crippen MR) is 101 cm³/mol. The molecule has 1 N–H and O–H groups in total. The van der Waals surface area contributed by atoms with Crippen molar-refractivity contribution in [2.24, 2.45) is 0 Å². The summed E-state index contributed by atoms with van der Waals surface area (Å²) in [5.74, 6) is 0.382. The molecule has 0 spiro atoms. The average Bonchev–Trinajstić information content (AvgIpc) is 3.38. The first kappa shape index (κ1) is 16.3. The monoisotopic (exact) mass is 347 g/mol. The second-order valence-corrected chi connectivity index (χ2v) is 6.38. The van der Waals surface area contributed by atoms with Crippen LogP contribution in [-0.4, -0.2) is 33.8 Å². The number of amides is 1. The number of hydrogen-bond acceptors (Lipinski definition) is 4. The van der Waals surface area contributed by atoms with Gasteiger partial charge in [-0.2, -0.15) is 5.10 Å². The van der Waals surface area contributed by atoms with E-state index in [9.17, 15) is 4.79 Å². The first-order chi connectivity index (χ1) is 12.8. The molecule has 1 fully saturated rings. The Morgan fingerprint density at radius 1 is 1.04 bits per heavy atom. The van der Waals surface area contributed by atoms with Crippen LogP contribution in [0.4, 0.5) is 11.5 Å². The summed E-state index contributed by atoms with van der Waals surface area (Å²) >= 11 is 0. The number of hydrogen-bond donors (Lipinski definition) is 1. The lowest BCUT2D eigenvalue weighted by Gasteiger charge is -2.19. The fourth-order valence-corrected chi connectivity index (χ4v) is 3.31. The summed E-state index contributed by atoms with van der Waals surface area (Å²) in [6.07, 6.45) is 7.74. The summed E-state index contributed by atoms with van der Waals surface area (Å²) in [6, 6.07) is 14.8. The molecule has 1 unspecified atom stereocenters. The van der Waals surface area contributed by atoms with Gasteiger partial charge < -0.3 is 10.2 Å². The van der Waals surface area contributed by atoms with Crippen molar-refractivity contribution in [2.45, 2.75) is 18.9 Å². The second kappa shape index (κ2) is 7.39. The highest BCUT2D eigenvalue weighted by Crippen LogP contribution is 2.22. The lowest BCUT2D eigenvalue weighted by Crippen LogP contribution is -2.27. The highest BCUT2D eigenvalue weighted by Gasteiger charge is 2.23. The van der Waals surface area contributed by atoms with Crippen LogP contribution in [0.3, 0.4) is 0 Å². The van der Waals surface area contributed by atoms with E-state index in [0.717, 1.165) is 24.3 Å². The number of pyridine rings is 1. The van der Waals surface area contributed by atoms with Gasteiger partial charge in [0.15, 0.2) is 6.04 Å². The average molecular weight is 347 g/mol. The number of nitrogens with zero attached hydrogens (tertiary/aromatic N) is 4. The predicted octanol–water partition coefficient (Wildman–Crippen LogP) is 3.11. The van der Waals surface area contributed by atoms with Gasteiger partial charge >= 0.3 is 0 Å². The maximum atomic E-state index is 12.9. The lowest BCUT2D eigenvalue weighted by molar-refractivity contribution is -0.118. The highest BCUT2D eigenvalue weighted by atomic mass is 16.2. The zero-order chi connectivity index (χ0) is 17.8. The third-order valence-electron chi connectivity index (χ3n) is 4.62. The molecule has 26 heavy (non-hydrogen) atoms. The largest absolute Gasteiger partial charge is 0.370 e. The topological polar surface area (TPSA) is 63.1 Å². The van der Waals surface area contributed by atoms with Crippen molar-refractivity contribution >= 4 is 17.4 Å². The van der Waals surface area contributed by atoms with Crippen molar-refractivity contribution in [1.82, 2.24) is 14.8 Å². The van der Waals surface area contributed by atoms with Gasteiger partial charge in [-0.3, -0.25) is 9.48 Å². The molecule has 3 heterocycles. The van der Waals surface area contributed by atoms with Crippen LogP contribution in [0.1, 0.15) is 24.4 Å². The third kappa shape index (κ3) is 3.44. The maximum absolute atomic E-state index is 12.9. The standard InChI is InChI=1S/C20H21N5O/c26-20(19(25-14-6-11-22-25)16-7-2-1-3-8-16)23-18-10-9-17(15-21-18)24-12-4-5-13-24/h1-3,6-11,14-15,19H,4-5,12-13H2,(H,21,23,26). The van der Waals surface area contributed by atoms with Crippen molar-refractivity contribution in [3.8, 4) is 0 Å². The Kier molecular flexibility index (Phi) is 4.64. The molecular formula is C20H21N5O. The van der Waals surface area contributed by atoms with Gasteiger partial charge in [-0.15, -0.1) is 0 Å². The van der Waals surface area contributed by atoms with Crippen LogP contribution >= 0.6 is 0 Å². The van der Waals surface area contributed by atoms with Gasteiger partial charge in [0.1, 0.15) is 5.82 Å². The van der Waals surface area contributed by atoms with E-state index < -0.39 is 6.04 Å². The molecule has 4 rings (SSSR count). The van der Waals surface area contributed by atoms with Gasteiger partial charge in [0, 0.05) is 25.5 Å². The molecule has 6 heteroatoms. The van der Waals surface area contributed by atoms with Crippen LogP contribution in [0, 0.1) is 0 Å². The molecule has 1 aliphatic heterocycles. The molecular weight excluding hydrogens is 326 g/mol. The smallest absolute Gasteiger partial charge is 0.254 e. The number of benzene rings is 1. The van der Waals surface area contributed by atoms with Crippen LogP contribution in [0.2, 0.25) is 0 Å². The summed E-state index contributed by atoms with van der Waals surface area (Å²) < 4.78 is 1.66.